The van der Waals surface area contributed by atoms with Crippen LogP contribution in [-0.4, -0.2) is 33.8 Å². The average molecular weight is 384 g/mol. The van der Waals surface area contributed by atoms with Crippen molar-refractivity contribution in [2.24, 2.45) is 7.05 Å². The predicted octanol–water partition coefficient (Wildman–Crippen LogP) is 2.41. The van der Waals surface area contributed by atoms with E-state index in [1.807, 2.05) is 43.3 Å². The number of nitrogens with one attached hydrogen (secondary N) is 2. The number of carbonyl (C=O) groups excluding carboxylic acids is 2. The Hall–Kier alpha value is -2.87. The van der Waals surface area contributed by atoms with Gasteiger partial charge in [-0.2, -0.15) is 0 Å². The first-order valence-corrected chi connectivity index (χ1v) is 9.58. The van der Waals surface area contributed by atoms with Crippen LogP contribution in [0, 0.1) is 0 Å². The Morgan fingerprint density at radius 3 is 2.59 bits per heavy atom. The number of benzene rings is 2. The number of hydrogen-bond donors (Lipinski definition) is 2. The molecule has 2 aromatic carbocycles. The van der Waals surface area contributed by atoms with Crippen LogP contribution in [0.3, 0.4) is 0 Å². The summed E-state index contributed by atoms with van der Waals surface area (Å²) in [4.78, 5) is 40.6. The standard InChI is InChI=1S/C19H20N4O3S/c1-3-8-20-18(26)22-16(24)11-27-19-21-15-10-13-7-5-4-6-12(13)9-14(15)17(25)23(19)2/h4-7,9-10H,3,8,11H2,1-2H3,(H2,20,22,24,26). The van der Waals surface area contributed by atoms with Gasteiger partial charge in [0.1, 0.15) is 0 Å². The Balaban J connectivity index is 1.81. The molecule has 3 rings (SSSR count). The number of imide groups is 1. The molecule has 0 aliphatic heterocycles. The molecule has 1 heterocycles. The van der Waals surface area contributed by atoms with E-state index in [0.29, 0.717) is 22.6 Å². The summed E-state index contributed by atoms with van der Waals surface area (Å²) in [7, 11) is 1.62. The van der Waals surface area contributed by atoms with Crippen LogP contribution in [-0.2, 0) is 11.8 Å². The molecule has 0 saturated carbocycles. The van der Waals surface area contributed by atoms with E-state index in [0.717, 1.165) is 29.0 Å². The first-order chi connectivity index (χ1) is 13.0. The van der Waals surface area contributed by atoms with Gasteiger partial charge >= 0.3 is 6.03 Å². The largest absolute Gasteiger partial charge is 0.338 e. The highest BCUT2D eigenvalue weighted by Crippen LogP contribution is 2.22. The molecule has 0 fully saturated rings. The van der Waals surface area contributed by atoms with Crippen LogP contribution in [0.5, 0.6) is 0 Å². The van der Waals surface area contributed by atoms with Crippen molar-refractivity contribution in [3.63, 3.8) is 0 Å². The molecule has 0 bridgehead atoms. The third-order valence-electron chi connectivity index (χ3n) is 4.02. The van der Waals surface area contributed by atoms with Gasteiger partial charge in [0, 0.05) is 13.6 Å². The zero-order valence-electron chi connectivity index (χ0n) is 15.1. The van der Waals surface area contributed by atoms with E-state index in [9.17, 15) is 14.4 Å². The Labute approximate surface area is 160 Å². The molecule has 0 radical (unpaired) electrons. The van der Waals surface area contributed by atoms with Gasteiger partial charge in [-0.05, 0) is 29.3 Å². The van der Waals surface area contributed by atoms with Crippen molar-refractivity contribution in [2.45, 2.75) is 18.5 Å². The molecule has 2 N–H and O–H groups in total. The molecule has 7 nitrogen and oxygen atoms in total. The van der Waals surface area contributed by atoms with E-state index in [4.69, 9.17) is 0 Å². The normalized spacial score (nSPS) is 10.9. The first kappa shape index (κ1) is 18.9. The van der Waals surface area contributed by atoms with Gasteiger partial charge in [-0.15, -0.1) is 0 Å². The van der Waals surface area contributed by atoms with Gasteiger partial charge in [0.25, 0.3) is 5.56 Å². The number of rotatable bonds is 5. The fourth-order valence-corrected chi connectivity index (χ4v) is 3.41. The lowest BCUT2D eigenvalue weighted by molar-refractivity contribution is -0.117. The van der Waals surface area contributed by atoms with Crippen LogP contribution in [0.1, 0.15) is 13.3 Å². The molecule has 0 atom stereocenters. The van der Waals surface area contributed by atoms with Gasteiger partial charge in [0.05, 0.1) is 16.7 Å². The Morgan fingerprint density at radius 2 is 1.89 bits per heavy atom. The van der Waals surface area contributed by atoms with Gasteiger partial charge in [0.2, 0.25) is 5.91 Å². The third-order valence-corrected chi connectivity index (χ3v) is 5.05. The molecule has 27 heavy (non-hydrogen) atoms. The van der Waals surface area contributed by atoms with Gasteiger partial charge in [-0.1, -0.05) is 43.0 Å². The molecule has 0 aliphatic carbocycles. The molecule has 8 heteroatoms. The molecule has 0 saturated heterocycles. The second-order valence-corrected chi connectivity index (χ2v) is 7.01. The predicted molar refractivity (Wildman–Crippen MR) is 107 cm³/mol. The number of aromatic nitrogens is 2. The molecule has 0 spiro atoms. The third kappa shape index (κ3) is 4.28. The Bertz CT molecular complexity index is 1080. The fraction of sp³-hybridized carbons (Fsp3) is 0.263. The van der Waals surface area contributed by atoms with Crippen molar-refractivity contribution < 1.29 is 9.59 Å². The second-order valence-electron chi connectivity index (χ2n) is 6.07. The maximum absolute atomic E-state index is 12.7. The van der Waals surface area contributed by atoms with Crippen molar-refractivity contribution in [1.82, 2.24) is 20.2 Å². The Morgan fingerprint density at radius 1 is 1.19 bits per heavy atom. The van der Waals surface area contributed by atoms with Crippen LogP contribution >= 0.6 is 11.8 Å². The van der Waals surface area contributed by atoms with E-state index < -0.39 is 11.9 Å². The van der Waals surface area contributed by atoms with Gasteiger partial charge < -0.3 is 5.32 Å². The van der Waals surface area contributed by atoms with Crippen LogP contribution < -0.4 is 16.2 Å². The maximum Gasteiger partial charge on any atom is 0.321 e. The molecule has 3 amide bonds. The summed E-state index contributed by atoms with van der Waals surface area (Å²) in [5.41, 5.74) is 0.412. The lowest BCUT2D eigenvalue weighted by Gasteiger charge is -2.10. The van der Waals surface area contributed by atoms with E-state index in [2.05, 4.69) is 15.6 Å². The van der Waals surface area contributed by atoms with E-state index in [1.165, 1.54) is 4.57 Å². The second kappa shape index (κ2) is 8.22. The number of nitrogens with zero attached hydrogens (tertiary/aromatic N) is 2. The minimum atomic E-state index is -0.519. The van der Waals surface area contributed by atoms with Crippen molar-refractivity contribution in [1.29, 1.82) is 0 Å². The van der Waals surface area contributed by atoms with Gasteiger partial charge in [-0.3, -0.25) is 19.5 Å². The molecule has 3 aromatic rings. The monoisotopic (exact) mass is 384 g/mol. The topological polar surface area (TPSA) is 93.1 Å². The van der Waals surface area contributed by atoms with E-state index >= 15 is 0 Å². The van der Waals surface area contributed by atoms with Crippen molar-refractivity contribution in [3.8, 4) is 0 Å². The Kier molecular flexibility index (Phi) is 5.75. The number of carbonyl (C=O) groups is 2. The molecular formula is C19H20N4O3S. The average Bonchev–Trinajstić information content (AvgIpc) is 2.67. The summed E-state index contributed by atoms with van der Waals surface area (Å²) < 4.78 is 1.42. The molecule has 1 aromatic heterocycles. The summed E-state index contributed by atoms with van der Waals surface area (Å²) in [5, 5.41) is 7.75. The van der Waals surface area contributed by atoms with E-state index in [-0.39, 0.29) is 11.3 Å². The molecule has 0 unspecified atom stereocenters. The highest BCUT2D eigenvalue weighted by Gasteiger charge is 2.13. The maximum atomic E-state index is 12.7. The van der Waals surface area contributed by atoms with Crippen molar-refractivity contribution in [3.05, 3.63) is 46.8 Å². The summed E-state index contributed by atoms with van der Waals surface area (Å²) in [6, 6.07) is 10.9. The summed E-state index contributed by atoms with van der Waals surface area (Å²) in [6.07, 6.45) is 0.786. The number of fused-ring (bicyclic) bond motifs is 2. The van der Waals surface area contributed by atoms with E-state index in [1.54, 1.807) is 7.05 Å². The van der Waals surface area contributed by atoms with Gasteiger partial charge in [0.15, 0.2) is 5.16 Å². The van der Waals surface area contributed by atoms with Crippen molar-refractivity contribution in [2.75, 3.05) is 12.3 Å². The summed E-state index contributed by atoms with van der Waals surface area (Å²) in [6.45, 7) is 2.42. The highest BCUT2D eigenvalue weighted by molar-refractivity contribution is 7.99. The van der Waals surface area contributed by atoms with Crippen LogP contribution in [0.15, 0.2) is 46.3 Å². The van der Waals surface area contributed by atoms with Crippen LogP contribution in [0.2, 0.25) is 0 Å². The zero-order chi connectivity index (χ0) is 19.4. The molecule has 140 valence electrons. The first-order valence-electron chi connectivity index (χ1n) is 8.59. The quantitative estimate of drug-likeness (QED) is 0.400. The van der Waals surface area contributed by atoms with Gasteiger partial charge in [-0.25, -0.2) is 9.78 Å². The molecular weight excluding hydrogens is 364 g/mol. The number of urea groups is 1. The number of thioether (sulfide) groups is 1. The minimum absolute atomic E-state index is 0.0150. The van der Waals surface area contributed by atoms with Crippen LogP contribution in [0.25, 0.3) is 21.7 Å². The lowest BCUT2D eigenvalue weighted by Crippen LogP contribution is -2.40. The number of hydrogen-bond acceptors (Lipinski definition) is 5. The van der Waals surface area contributed by atoms with Crippen LogP contribution in [0.4, 0.5) is 4.79 Å². The molecule has 0 aliphatic rings. The fourth-order valence-electron chi connectivity index (χ4n) is 2.64. The smallest absolute Gasteiger partial charge is 0.321 e. The highest BCUT2D eigenvalue weighted by atomic mass is 32.2. The summed E-state index contributed by atoms with van der Waals surface area (Å²) in [5.74, 6) is -0.458. The summed E-state index contributed by atoms with van der Waals surface area (Å²) >= 11 is 1.12. The minimum Gasteiger partial charge on any atom is -0.338 e. The lowest BCUT2D eigenvalue weighted by atomic mass is 10.1. The number of amides is 3. The zero-order valence-corrected chi connectivity index (χ0v) is 15.9. The SMILES string of the molecule is CCCNC(=O)NC(=O)CSc1nc2cc3ccccc3cc2c(=O)n1C. The van der Waals surface area contributed by atoms with Crippen molar-refractivity contribution >= 4 is 45.4 Å².